The van der Waals surface area contributed by atoms with E-state index in [2.05, 4.69) is 0 Å². The van der Waals surface area contributed by atoms with E-state index in [1.165, 1.54) is 6.07 Å². The zero-order chi connectivity index (χ0) is 13.2. The molecule has 100 valence electrons. The van der Waals surface area contributed by atoms with Crippen LogP contribution in [-0.2, 0) is 9.84 Å². The third-order valence-corrected chi connectivity index (χ3v) is 6.24. The zero-order valence-corrected chi connectivity index (χ0v) is 11.8. The van der Waals surface area contributed by atoms with Gasteiger partial charge in [0.05, 0.1) is 15.2 Å². The van der Waals surface area contributed by atoms with E-state index in [1.54, 1.807) is 12.1 Å². The van der Waals surface area contributed by atoms with Crippen molar-refractivity contribution in [1.82, 2.24) is 0 Å². The topological polar surface area (TPSA) is 60.2 Å². The Labute approximate surface area is 113 Å². The normalized spacial score (nSPS) is 18.5. The Morgan fingerprint density at radius 2 is 1.72 bits per heavy atom. The standard InChI is InChI=1S/C13H18ClNO2S/c14-12-8-7-10(15)9-13(12)18(16,17)11-5-3-1-2-4-6-11/h7-9,11H,1-6,15H2. The largest absolute Gasteiger partial charge is 0.399 e. The van der Waals surface area contributed by atoms with Crippen molar-refractivity contribution in [3.63, 3.8) is 0 Å². The van der Waals surface area contributed by atoms with Gasteiger partial charge in [-0.15, -0.1) is 0 Å². The average Bonchev–Trinajstić information content (AvgIpc) is 2.61. The quantitative estimate of drug-likeness (QED) is 0.670. The second kappa shape index (κ2) is 5.49. The van der Waals surface area contributed by atoms with Crippen LogP contribution in [0.4, 0.5) is 5.69 Å². The molecule has 0 bridgehead atoms. The monoisotopic (exact) mass is 287 g/mol. The van der Waals surface area contributed by atoms with E-state index in [0.29, 0.717) is 5.69 Å². The van der Waals surface area contributed by atoms with Crippen LogP contribution in [-0.4, -0.2) is 13.7 Å². The van der Waals surface area contributed by atoms with Gasteiger partial charge in [0, 0.05) is 5.69 Å². The first kappa shape index (κ1) is 13.7. The molecule has 0 aliphatic heterocycles. The van der Waals surface area contributed by atoms with Crippen LogP contribution in [0.15, 0.2) is 23.1 Å². The molecule has 0 atom stereocenters. The molecule has 1 aromatic carbocycles. The first-order valence-corrected chi connectivity index (χ1v) is 8.23. The first-order chi connectivity index (χ1) is 8.51. The molecule has 1 saturated carbocycles. The maximum Gasteiger partial charge on any atom is 0.182 e. The number of anilines is 1. The van der Waals surface area contributed by atoms with E-state index in [-0.39, 0.29) is 15.2 Å². The molecular weight excluding hydrogens is 270 g/mol. The number of nitrogens with two attached hydrogens (primary N) is 1. The fourth-order valence-electron chi connectivity index (χ4n) is 2.47. The third-order valence-electron chi connectivity index (χ3n) is 3.50. The molecule has 3 nitrogen and oxygen atoms in total. The van der Waals surface area contributed by atoms with Gasteiger partial charge in [0.2, 0.25) is 0 Å². The second-order valence-corrected chi connectivity index (χ2v) is 7.45. The number of hydrogen-bond acceptors (Lipinski definition) is 3. The van der Waals surface area contributed by atoms with Crippen molar-refractivity contribution in [3.8, 4) is 0 Å². The lowest BCUT2D eigenvalue weighted by Crippen LogP contribution is -2.21. The lowest BCUT2D eigenvalue weighted by atomic mass is 10.2. The van der Waals surface area contributed by atoms with Gasteiger partial charge in [-0.2, -0.15) is 0 Å². The van der Waals surface area contributed by atoms with Crippen LogP contribution < -0.4 is 5.73 Å². The molecule has 2 rings (SSSR count). The summed E-state index contributed by atoms with van der Waals surface area (Å²) in [5.41, 5.74) is 6.10. The summed E-state index contributed by atoms with van der Waals surface area (Å²) >= 11 is 6.01. The Hall–Kier alpha value is -0.740. The molecule has 0 saturated heterocycles. The fraction of sp³-hybridized carbons (Fsp3) is 0.538. The van der Waals surface area contributed by atoms with E-state index in [0.717, 1.165) is 38.5 Å². The van der Waals surface area contributed by atoms with Gasteiger partial charge >= 0.3 is 0 Å². The molecule has 18 heavy (non-hydrogen) atoms. The Morgan fingerprint density at radius 3 is 2.33 bits per heavy atom. The molecule has 0 spiro atoms. The second-order valence-electron chi connectivity index (χ2n) is 4.85. The van der Waals surface area contributed by atoms with Gasteiger partial charge in [-0.25, -0.2) is 8.42 Å². The van der Waals surface area contributed by atoms with Crippen LogP contribution in [0.1, 0.15) is 38.5 Å². The Kier molecular flexibility index (Phi) is 4.17. The van der Waals surface area contributed by atoms with Crippen LogP contribution in [0, 0.1) is 0 Å². The van der Waals surface area contributed by atoms with Crippen LogP contribution in [0.3, 0.4) is 0 Å². The van der Waals surface area contributed by atoms with Crippen LogP contribution in [0.25, 0.3) is 0 Å². The first-order valence-electron chi connectivity index (χ1n) is 6.31. The molecule has 0 unspecified atom stereocenters. The number of nitrogen functional groups attached to an aromatic ring is 1. The van der Waals surface area contributed by atoms with E-state index in [9.17, 15) is 8.42 Å². The van der Waals surface area contributed by atoms with Crippen molar-refractivity contribution >= 4 is 27.1 Å². The predicted octanol–water partition coefficient (Wildman–Crippen LogP) is 3.42. The predicted molar refractivity (Wildman–Crippen MR) is 74.5 cm³/mol. The van der Waals surface area contributed by atoms with E-state index in [1.807, 2.05) is 0 Å². The lowest BCUT2D eigenvalue weighted by molar-refractivity contribution is 0.563. The van der Waals surface area contributed by atoms with Gasteiger partial charge in [-0.3, -0.25) is 0 Å². The maximum atomic E-state index is 12.6. The summed E-state index contributed by atoms with van der Waals surface area (Å²) in [5.74, 6) is 0. The summed E-state index contributed by atoms with van der Waals surface area (Å²) in [6.45, 7) is 0. The molecular formula is C13H18ClNO2S. The highest BCUT2D eigenvalue weighted by Gasteiger charge is 2.29. The molecule has 2 N–H and O–H groups in total. The van der Waals surface area contributed by atoms with Crippen molar-refractivity contribution < 1.29 is 8.42 Å². The molecule has 1 aliphatic carbocycles. The summed E-state index contributed by atoms with van der Waals surface area (Å²) in [5, 5.41) is -0.0345. The van der Waals surface area contributed by atoms with Gasteiger partial charge < -0.3 is 5.73 Å². The minimum atomic E-state index is -3.35. The molecule has 1 fully saturated rings. The Balaban J connectivity index is 2.37. The molecule has 0 aromatic heterocycles. The van der Waals surface area contributed by atoms with Crippen molar-refractivity contribution in [2.24, 2.45) is 0 Å². The van der Waals surface area contributed by atoms with Crippen LogP contribution in [0.2, 0.25) is 5.02 Å². The maximum absolute atomic E-state index is 12.6. The minimum Gasteiger partial charge on any atom is -0.399 e. The molecule has 0 amide bonds. The smallest absolute Gasteiger partial charge is 0.182 e. The molecule has 0 heterocycles. The summed E-state index contributed by atoms with van der Waals surface area (Å²) in [7, 11) is -3.35. The van der Waals surface area contributed by atoms with E-state index in [4.69, 9.17) is 17.3 Å². The Morgan fingerprint density at radius 1 is 1.11 bits per heavy atom. The van der Waals surface area contributed by atoms with E-state index < -0.39 is 9.84 Å². The zero-order valence-electron chi connectivity index (χ0n) is 10.2. The highest BCUT2D eigenvalue weighted by molar-refractivity contribution is 7.92. The molecule has 1 aromatic rings. The van der Waals surface area contributed by atoms with Crippen LogP contribution in [0.5, 0.6) is 0 Å². The van der Waals surface area contributed by atoms with Gasteiger partial charge in [-0.1, -0.05) is 37.3 Å². The Bertz CT molecular complexity index is 520. The SMILES string of the molecule is Nc1ccc(Cl)c(S(=O)(=O)C2CCCCCC2)c1. The summed E-state index contributed by atoms with van der Waals surface area (Å²) in [4.78, 5) is 0.191. The highest BCUT2D eigenvalue weighted by Crippen LogP contribution is 2.32. The third kappa shape index (κ3) is 2.81. The lowest BCUT2D eigenvalue weighted by Gasteiger charge is -2.16. The number of sulfone groups is 1. The van der Waals surface area contributed by atoms with E-state index >= 15 is 0 Å². The van der Waals surface area contributed by atoms with Crippen molar-refractivity contribution in [2.45, 2.75) is 48.7 Å². The minimum absolute atomic E-state index is 0.191. The highest BCUT2D eigenvalue weighted by atomic mass is 35.5. The summed E-state index contributed by atoms with van der Waals surface area (Å²) in [6, 6.07) is 4.65. The van der Waals surface area contributed by atoms with Gasteiger partial charge in [0.15, 0.2) is 9.84 Å². The molecule has 0 radical (unpaired) electrons. The van der Waals surface area contributed by atoms with Crippen molar-refractivity contribution in [2.75, 3.05) is 5.73 Å². The van der Waals surface area contributed by atoms with Crippen molar-refractivity contribution in [1.29, 1.82) is 0 Å². The average molecular weight is 288 g/mol. The summed E-state index contributed by atoms with van der Waals surface area (Å²) in [6.07, 6.45) is 5.65. The van der Waals surface area contributed by atoms with Crippen LogP contribution >= 0.6 is 11.6 Å². The van der Waals surface area contributed by atoms with Gasteiger partial charge in [0.1, 0.15) is 0 Å². The molecule has 1 aliphatic rings. The number of halogens is 1. The van der Waals surface area contributed by atoms with Crippen molar-refractivity contribution in [3.05, 3.63) is 23.2 Å². The van der Waals surface area contributed by atoms with Gasteiger partial charge in [-0.05, 0) is 31.0 Å². The number of rotatable bonds is 2. The summed E-state index contributed by atoms with van der Waals surface area (Å²) < 4.78 is 25.1. The number of hydrogen-bond donors (Lipinski definition) is 1. The molecule has 5 heteroatoms. The fourth-order valence-corrected chi connectivity index (χ4v) is 4.86. The van der Waals surface area contributed by atoms with Gasteiger partial charge in [0.25, 0.3) is 0 Å². The number of benzene rings is 1.